The molecule has 3 aromatic rings. The lowest BCUT2D eigenvalue weighted by atomic mass is 9.88. The van der Waals surface area contributed by atoms with Crippen LogP contribution in [0.4, 0.5) is 0 Å². The van der Waals surface area contributed by atoms with E-state index in [0.717, 1.165) is 29.9 Å². The summed E-state index contributed by atoms with van der Waals surface area (Å²) in [5.41, 5.74) is 6.14. The van der Waals surface area contributed by atoms with E-state index in [1.54, 1.807) is 17.7 Å². The third-order valence-corrected chi connectivity index (χ3v) is 6.98. The molecule has 2 heterocycles. The predicted octanol–water partition coefficient (Wildman–Crippen LogP) is 9.94. The van der Waals surface area contributed by atoms with Gasteiger partial charge < -0.3 is 23.9 Å². The van der Waals surface area contributed by atoms with Crippen LogP contribution in [0.2, 0.25) is 0 Å². The first-order valence-electron chi connectivity index (χ1n) is 17.0. The number of hydrogen-bond acceptors (Lipinski definition) is 5. The van der Waals surface area contributed by atoms with Crippen molar-refractivity contribution in [2.24, 2.45) is 7.05 Å². The van der Waals surface area contributed by atoms with Crippen molar-refractivity contribution in [1.82, 2.24) is 14.4 Å². The van der Waals surface area contributed by atoms with Gasteiger partial charge in [0, 0.05) is 29.7 Å². The second-order valence-electron chi connectivity index (χ2n) is 11.2. The van der Waals surface area contributed by atoms with E-state index >= 15 is 0 Å². The maximum Gasteiger partial charge on any atom is 0.150 e. The van der Waals surface area contributed by atoms with Gasteiger partial charge >= 0.3 is 0 Å². The minimum Gasteiger partial charge on any atom is -0.493 e. The molecule has 0 unspecified atom stereocenters. The molecule has 0 atom stereocenters. The van der Waals surface area contributed by atoms with Crippen molar-refractivity contribution in [3.8, 4) is 5.75 Å². The van der Waals surface area contributed by atoms with E-state index in [1.165, 1.54) is 48.9 Å². The summed E-state index contributed by atoms with van der Waals surface area (Å²) in [6.45, 7) is 31.3. The van der Waals surface area contributed by atoms with Crippen LogP contribution in [-0.2, 0) is 11.8 Å². The summed E-state index contributed by atoms with van der Waals surface area (Å²) < 4.78 is 7.74. The Bertz CT molecular complexity index is 1160. The topological polar surface area (TPSA) is 54.8 Å². The van der Waals surface area contributed by atoms with Gasteiger partial charge in [-0.05, 0) is 114 Å². The Hall–Kier alpha value is -3.22. The van der Waals surface area contributed by atoms with Crippen molar-refractivity contribution in [3.05, 3.63) is 78.0 Å². The van der Waals surface area contributed by atoms with E-state index in [-0.39, 0.29) is 0 Å². The molecule has 0 bridgehead atoms. The predicted molar refractivity (Wildman–Crippen MR) is 204 cm³/mol. The number of hydrogen-bond donors (Lipinski definition) is 0. The van der Waals surface area contributed by atoms with Crippen LogP contribution < -0.4 is 4.74 Å². The molecule has 0 amide bonds. The number of fused-ring (bicyclic) bond motifs is 1. The van der Waals surface area contributed by atoms with Crippen molar-refractivity contribution < 1.29 is 14.3 Å². The van der Waals surface area contributed by atoms with Crippen molar-refractivity contribution >= 4 is 24.0 Å². The second kappa shape index (κ2) is 29.2. The summed E-state index contributed by atoms with van der Waals surface area (Å²) >= 11 is 0. The number of aryl methyl sites for hydroxylation is 2. The highest BCUT2D eigenvalue weighted by molar-refractivity contribution is 5.85. The van der Waals surface area contributed by atoms with Crippen molar-refractivity contribution in [2.45, 2.75) is 93.4 Å². The lowest BCUT2D eigenvalue weighted by molar-refractivity contribution is -0.0980. The minimum absolute atomic E-state index is 0.589. The van der Waals surface area contributed by atoms with Crippen molar-refractivity contribution in [1.29, 1.82) is 0 Å². The molecule has 46 heavy (non-hydrogen) atoms. The lowest BCUT2D eigenvalue weighted by Crippen LogP contribution is -2.32. The molecule has 4 rings (SSSR count). The Labute approximate surface area is 283 Å². The molecule has 1 aromatic heterocycles. The summed E-state index contributed by atoms with van der Waals surface area (Å²) in [6, 6.07) is 12.6. The summed E-state index contributed by atoms with van der Waals surface area (Å²) in [5, 5.41) is 1.46. The Morgan fingerprint density at radius 1 is 0.957 bits per heavy atom. The third kappa shape index (κ3) is 17.5. The summed E-state index contributed by atoms with van der Waals surface area (Å²) in [7, 11) is 8.16. The molecule has 0 N–H and O–H groups in total. The first-order valence-corrected chi connectivity index (χ1v) is 17.0. The number of nitrogens with zero attached hydrogens (tertiary/aromatic N) is 3. The van der Waals surface area contributed by atoms with E-state index in [1.807, 2.05) is 73.5 Å². The quantitative estimate of drug-likeness (QED) is 0.190. The molecule has 0 aliphatic carbocycles. The molecule has 1 saturated heterocycles. The SMILES string of the molecule is C=C.C=O.CC.CC.CCCOc1cc(C=O)ccc1C.CCN1CCC(c2ccc3c(c2)c(C(C)C)cn3C)CC1.CN(C)C. The Morgan fingerprint density at radius 2 is 1.50 bits per heavy atom. The maximum absolute atomic E-state index is 10.5. The molecule has 1 aliphatic heterocycles. The monoisotopic (exact) mass is 640 g/mol. The first-order chi connectivity index (χ1) is 22.1. The van der Waals surface area contributed by atoms with E-state index < -0.39 is 0 Å². The van der Waals surface area contributed by atoms with Crippen LogP contribution >= 0.6 is 0 Å². The molecule has 2 aromatic carbocycles. The van der Waals surface area contributed by atoms with E-state index in [4.69, 9.17) is 9.53 Å². The Kier molecular flexibility index (Phi) is 30.0. The van der Waals surface area contributed by atoms with Crippen LogP contribution in [0.1, 0.15) is 114 Å². The van der Waals surface area contributed by atoms with E-state index in [0.29, 0.717) is 18.1 Å². The Morgan fingerprint density at radius 3 is 1.96 bits per heavy atom. The number of rotatable bonds is 7. The van der Waals surface area contributed by atoms with Crippen LogP contribution in [0.5, 0.6) is 5.75 Å². The van der Waals surface area contributed by atoms with Crippen LogP contribution in [0.15, 0.2) is 55.8 Å². The second-order valence-corrected chi connectivity index (χ2v) is 11.2. The number of piperidine rings is 1. The zero-order valence-electron chi connectivity index (χ0n) is 31.9. The average Bonchev–Trinajstić information content (AvgIpc) is 3.44. The number of aromatic nitrogens is 1. The van der Waals surface area contributed by atoms with Crippen LogP contribution in [-0.4, -0.2) is 74.8 Å². The number of ether oxygens (including phenoxy) is 1. The standard InChI is InChI=1S/C19H28N2.C11H14O2.C3H9N.2C2H6.C2H4.CH2O/c1-5-21-10-8-15(9-11-21)16-6-7-19-17(12-16)18(14(2)3)13-20(19)4;1-3-6-13-11-7-10(8-12)5-4-9(11)2;1-4(2)3;4*1-2/h6-7,12-15H,5,8-11H2,1-4H3;4-5,7-8H,3,6H2,1-2H3;1-3H3;2*1-2H3;1-2H2;1H2. The van der Waals surface area contributed by atoms with Gasteiger partial charge in [-0.2, -0.15) is 0 Å². The van der Waals surface area contributed by atoms with Gasteiger partial charge in [0.25, 0.3) is 0 Å². The molecule has 1 fully saturated rings. The molecule has 0 spiro atoms. The van der Waals surface area contributed by atoms with Crippen molar-refractivity contribution in [2.75, 3.05) is 47.4 Å². The van der Waals surface area contributed by atoms with Gasteiger partial charge in [0.05, 0.1) is 6.61 Å². The van der Waals surface area contributed by atoms with Gasteiger partial charge in [0.2, 0.25) is 0 Å². The molecule has 1 aliphatic rings. The largest absolute Gasteiger partial charge is 0.493 e. The fourth-order valence-electron chi connectivity index (χ4n) is 4.79. The Balaban J connectivity index is -0.000000635. The molecule has 6 nitrogen and oxygen atoms in total. The normalized spacial score (nSPS) is 12.2. The van der Waals surface area contributed by atoms with Gasteiger partial charge in [0.15, 0.2) is 0 Å². The maximum atomic E-state index is 10.5. The third-order valence-electron chi connectivity index (χ3n) is 6.98. The van der Waals surface area contributed by atoms with Crippen LogP contribution in [0.25, 0.3) is 10.9 Å². The first kappa shape index (κ1) is 47.2. The molecule has 0 saturated carbocycles. The molecule has 262 valence electrons. The number of carbonyl (C=O) groups is 2. The summed E-state index contributed by atoms with van der Waals surface area (Å²) in [4.78, 5) is 23.1. The highest BCUT2D eigenvalue weighted by atomic mass is 16.5. The molecular weight excluding hydrogens is 570 g/mol. The highest BCUT2D eigenvalue weighted by Crippen LogP contribution is 2.33. The fourth-order valence-corrected chi connectivity index (χ4v) is 4.79. The van der Waals surface area contributed by atoms with Gasteiger partial charge in [-0.1, -0.05) is 73.6 Å². The minimum atomic E-state index is 0.589. The smallest absolute Gasteiger partial charge is 0.150 e. The highest BCUT2D eigenvalue weighted by Gasteiger charge is 2.20. The number of aldehydes is 1. The van der Waals surface area contributed by atoms with Gasteiger partial charge in [-0.25, -0.2) is 0 Å². The number of likely N-dealkylation sites (tertiary alicyclic amines) is 1. The lowest BCUT2D eigenvalue weighted by Gasteiger charge is -2.31. The number of benzene rings is 2. The number of carbonyl (C=O) groups excluding carboxylic acids is 2. The fraction of sp³-hybridized carbons (Fsp3) is 0.550. The van der Waals surface area contributed by atoms with Crippen LogP contribution in [0, 0.1) is 6.92 Å². The van der Waals surface area contributed by atoms with Gasteiger partial charge in [0.1, 0.15) is 18.8 Å². The molecular formula is C40H69N3O3. The van der Waals surface area contributed by atoms with E-state index in [9.17, 15) is 4.79 Å². The van der Waals surface area contributed by atoms with E-state index in [2.05, 4.69) is 81.8 Å². The summed E-state index contributed by atoms with van der Waals surface area (Å²) in [5.74, 6) is 2.15. The molecule has 6 heteroatoms. The van der Waals surface area contributed by atoms with Gasteiger partial charge in [-0.3, -0.25) is 4.79 Å². The summed E-state index contributed by atoms with van der Waals surface area (Å²) in [6.07, 6.45) is 6.73. The van der Waals surface area contributed by atoms with Gasteiger partial charge in [-0.15, -0.1) is 13.2 Å². The molecule has 0 radical (unpaired) electrons. The zero-order valence-corrected chi connectivity index (χ0v) is 31.9. The van der Waals surface area contributed by atoms with Crippen LogP contribution in [0.3, 0.4) is 0 Å². The van der Waals surface area contributed by atoms with Crippen molar-refractivity contribution in [3.63, 3.8) is 0 Å². The average molecular weight is 640 g/mol. The zero-order chi connectivity index (χ0) is 36.2.